The Morgan fingerprint density at radius 3 is 2.50 bits per heavy atom. The summed E-state index contributed by atoms with van der Waals surface area (Å²) in [5, 5.41) is 0. The van der Waals surface area contributed by atoms with E-state index in [0.29, 0.717) is 12.3 Å². The van der Waals surface area contributed by atoms with E-state index in [1.807, 2.05) is 13.3 Å². The quantitative estimate of drug-likeness (QED) is 0.783. The zero-order valence-electron chi connectivity index (χ0n) is 14.2. The van der Waals surface area contributed by atoms with Crippen LogP contribution in [0.5, 0.6) is 0 Å². The number of hydrogen-bond acceptors (Lipinski definition) is 4. The van der Waals surface area contributed by atoms with Gasteiger partial charge in [-0.05, 0) is 24.8 Å². The first-order chi connectivity index (χ1) is 10.4. The Kier molecular flexibility index (Phi) is 4.89. The molecular weight excluding hydrogens is 276 g/mol. The minimum Gasteiger partial charge on any atom is -0.467 e. The monoisotopic (exact) mass is 302 g/mol. The zero-order chi connectivity index (χ0) is 16.3. The number of esters is 1. The molecule has 0 spiro atoms. The summed E-state index contributed by atoms with van der Waals surface area (Å²) in [6.45, 7) is 9.26. The summed E-state index contributed by atoms with van der Waals surface area (Å²) in [5.74, 6) is 0.229. The minimum atomic E-state index is -0.848. The van der Waals surface area contributed by atoms with Gasteiger partial charge in [-0.25, -0.2) is 4.79 Å². The van der Waals surface area contributed by atoms with Crippen LogP contribution in [0.4, 0.5) is 0 Å². The van der Waals surface area contributed by atoms with E-state index in [0.717, 1.165) is 12.1 Å². The molecule has 2 atom stereocenters. The van der Waals surface area contributed by atoms with E-state index in [2.05, 4.69) is 54.9 Å². The first kappa shape index (κ1) is 16.5. The van der Waals surface area contributed by atoms with E-state index >= 15 is 0 Å². The molecule has 0 N–H and O–H groups in total. The Hall–Kier alpha value is -1.84. The lowest BCUT2D eigenvalue weighted by atomic mass is 9.83. The van der Waals surface area contributed by atoms with Crippen LogP contribution < -0.4 is 0 Å². The molecule has 0 aromatic heterocycles. The van der Waals surface area contributed by atoms with Crippen LogP contribution in [0.1, 0.15) is 44.4 Å². The highest BCUT2D eigenvalue weighted by atomic mass is 16.5. The number of methoxy groups -OCH3 is 1. The molecule has 4 heteroatoms. The van der Waals surface area contributed by atoms with Gasteiger partial charge in [0.1, 0.15) is 0 Å². The van der Waals surface area contributed by atoms with Crippen LogP contribution in [-0.4, -0.2) is 36.4 Å². The third kappa shape index (κ3) is 2.87. The fourth-order valence-corrected chi connectivity index (χ4v) is 3.15. The Balaban J connectivity index is 2.47. The number of ether oxygens (including phenoxy) is 1. The van der Waals surface area contributed by atoms with Crippen molar-refractivity contribution in [2.45, 2.75) is 45.7 Å². The van der Waals surface area contributed by atoms with Gasteiger partial charge < -0.3 is 9.64 Å². The second-order valence-corrected chi connectivity index (χ2v) is 6.42. The molecule has 1 aromatic rings. The highest BCUT2D eigenvalue weighted by Gasteiger charge is 2.51. The highest BCUT2D eigenvalue weighted by molar-refractivity contribution is 5.86. The predicted molar refractivity (Wildman–Crippen MR) is 89.0 cm³/mol. The van der Waals surface area contributed by atoms with Crippen LogP contribution in [0.15, 0.2) is 29.3 Å². The molecular formula is C18H26N2O2. The van der Waals surface area contributed by atoms with E-state index < -0.39 is 5.54 Å². The van der Waals surface area contributed by atoms with Crippen LogP contribution >= 0.6 is 0 Å². The van der Waals surface area contributed by atoms with Gasteiger partial charge in [0.25, 0.3) is 0 Å². The average Bonchev–Trinajstić information content (AvgIpc) is 2.86. The van der Waals surface area contributed by atoms with Crippen LogP contribution in [0.25, 0.3) is 0 Å². The molecule has 0 amide bonds. The number of aryl methyl sites for hydroxylation is 1. The summed E-state index contributed by atoms with van der Waals surface area (Å²) in [5.41, 5.74) is 1.47. The maximum atomic E-state index is 12.5. The van der Waals surface area contributed by atoms with E-state index in [4.69, 9.17) is 4.74 Å². The van der Waals surface area contributed by atoms with Gasteiger partial charge in [-0.3, -0.25) is 4.99 Å². The summed E-state index contributed by atoms with van der Waals surface area (Å²) < 4.78 is 5.08. The van der Waals surface area contributed by atoms with Crippen molar-refractivity contribution in [2.24, 2.45) is 10.9 Å². The topological polar surface area (TPSA) is 41.9 Å². The minimum absolute atomic E-state index is 0.104. The van der Waals surface area contributed by atoms with Gasteiger partial charge in [-0.2, -0.15) is 0 Å². The molecule has 0 aliphatic carbocycles. The lowest BCUT2D eigenvalue weighted by molar-refractivity contribution is -0.148. The Morgan fingerprint density at radius 1 is 1.36 bits per heavy atom. The smallest absolute Gasteiger partial charge is 0.336 e. The van der Waals surface area contributed by atoms with Gasteiger partial charge in [0, 0.05) is 6.54 Å². The molecule has 0 saturated heterocycles. The number of rotatable bonds is 5. The first-order valence-electron chi connectivity index (χ1n) is 7.90. The number of aliphatic imine (C=N–C) groups is 1. The van der Waals surface area contributed by atoms with Crippen molar-refractivity contribution in [1.82, 2.24) is 4.90 Å². The fourth-order valence-electron chi connectivity index (χ4n) is 3.15. The average molecular weight is 302 g/mol. The van der Waals surface area contributed by atoms with Gasteiger partial charge in [0.2, 0.25) is 0 Å². The number of hydrogen-bond donors (Lipinski definition) is 0. The molecule has 2 unspecified atom stereocenters. The van der Waals surface area contributed by atoms with E-state index in [-0.39, 0.29) is 12.0 Å². The molecule has 1 aromatic carbocycles. The summed E-state index contributed by atoms with van der Waals surface area (Å²) >= 11 is 0. The van der Waals surface area contributed by atoms with Gasteiger partial charge >= 0.3 is 5.97 Å². The summed E-state index contributed by atoms with van der Waals surface area (Å²) in [7, 11) is 1.44. The van der Waals surface area contributed by atoms with Gasteiger partial charge in [0.05, 0.1) is 19.5 Å². The molecule has 1 heterocycles. The predicted octanol–water partition coefficient (Wildman–Crippen LogP) is 3.36. The van der Waals surface area contributed by atoms with Crippen LogP contribution in [-0.2, 0) is 9.53 Å². The highest BCUT2D eigenvalue weighted by Crippen LogP contribution is 2.42. The summed E-state index contributed by atoms with van der Waals surface area (Å²) in [6.07, 6.45) is 2.44. The van der Waals surface area contributed by atoms with Crippen molar-refractivity contribution in [1.29, 1.82) is 0 Å². The van der Waals surface area contributed by atoms with Crippen molar-refractivity contribution < 1.29 is 9.53 Å². The molecule has 4 nitrogen and oxygen atoms in total. The maximum absolute atomic E-state index is 12.5. The Labute approximate surface area is 133 Å². The van der Waals surface area contributed by atoms with Gasteiger partial charge in [0.15, 0.2) is 5.54 Å². The van der Waals surface area contributed by atoms with Crippen molar-refractivity contribution in [3.8, 4) is 0 Å². The van der Waals surface area contributed by atoms with Crippen LogP contribution in [0.3, 0.4) is 0 Å². The zero-order valence-corrected chi connectivity index (χ0v) is 14.2. The Bertz CT molecular complexity index is 551. The van der Waals surface area contributed by atoms with E-state index in [9.17, 15) is 4.79 Å². The fraction of sp³-hybridized carbons (Fsp3) is 0.556. The third-order valence-corrected chi connectivity index (χ3v) is 4.27. The maximum Gasteiger partial charge on any atom is 0.336 e. The molecule has 0 radical (unpaired) electrons. The number of carbonyl (C=O) groups excluding carboxylic acids is 1. The molecule has 0 fully saturated rings. The van der Waals surface area contributed by atoms with E-state index in [1.165, 1.54) is 12.7 Å². The molecule has 2 rings (SSSR count). The third-order valence-electron chi connectivity index (χ3n) is 4.27. The first-order valence-corrected chi connectivity index (χ1v) is 7.90. The standard InChI is InChI=1S/C18H26N2O2/c1-6-18(17(21)22-5)16(15-9-7-14(4)8-10-15)20(12-19-18)11-13(2)3/h7-10,12-13,16H,6,11H2,1-5H3. The summed E-state index contributed by atoms with van der Waals surface area (Å²) in [4.78, 5) is 19.3. The van der Waals surface area contributed by atoms with Crippen molar-refractivity contribution in [3.05, 3.63) is 35.4 Å². The van der Waals surface area contributed by atoms with Crippen molar-refractivity contribution in [2.75, 3.05) is 13.7 Å². The lowest BCUT2D eigenvalue weighted by Crippen LogP contribution is -2.46. The van der Waals surface area contributed by atoms with Crippen molar-refractivity contribution in [3.63, 3.8) is 0 Å². The lowest BCUT2D eigenvalue weighted by Gasteiger charge is -2.35. The molecule has 0 saturated carbocycles. The van der Waals surface area contributed by atoms with Gasteiger partial charge in [-0.1, -0.05) is 50.6 Å². The molecule has 22 heavy (non-hydrogen) atoms. The second-order valence-electron chi connectivity index (χ2n) is 6.42. The summed E-state index contributed by atoms with van der Waals surface area (Å²) in [6, 6.07) is 8.25. The normalized spacial score (nSPS) is 24.1. The van der Waals surface area contributed by atoms with Gasteiger partial charge in [-0.15, -0.1) is 0 Å². The Morgan fingerprint density at radius 2 is 2.00 bits per heavy atom. The molecule has 1 aliphatic rings. The molecule has 0 bridgehead atoms. The van der Waals surface area contributed by atoms with Crippen LogP contribution in [0.2, 0.25) is 0 Å². The SMILES string of the molecule is CCC1(C(=O)OC)N=CN(CC(C)C)C1c1ccc(C)cc1. The molecule has 120 valence electrons. The van der Waals surface area contributed by atoms with Crippen molar-refractivity contribution >= 4 is 12.3 Å². The number of nitrogens with zero attached hydrogens (tertiary/aromatic N) is 2. The van der Waals surface area contributed by atoms with E-state index in [1.54, 1.807) is 0 Å². The largest absolute Gasteiger partial charge is 0.467 e. The second kappa shape index (κ2) is 6.51. The number of carbonyl (C=O) groups is 1. The number of benzene rings is 1. The van der Waals surface area contributed by atoms with Crippen LogP contribution in [0, 0.1) is 12.8 Å². The molecule has 1 aliphatic heterocycles.